The Kier molecular flexibility index (Phi) is 4.77. The van der Waals surface area contributed by atoms with Crippen molar-refractivity contribution in [1.82, 2.24) is 0 Å². The molecule has 0 saturated heterocycles. The quantitative estimate of drug-likeness (QED) is 0.839. The van der Waals surface area contributed by atoms with Gasteiger partial charge in [0, 0.05) is 12.0 Å². The molecule has 1 aliphatic carbocycles. The maximum atomic E-state index is 12.3. The lowest BCUT2D eigenvalue weighted by atomic mass is 9.85. The predicted molar refractivity (Wildman–Crippen MR) is 79.0 cm³/mol. The van der Waals surface area contributed by atoms with Gasteiger partial charge in [-0.25, -0.2) is 4.79 Å². The van der Waals surface area contributed by atoms with Gasteiger partial charge in [-0.1, -0.05) is 6.42 Å². The zero-order valence-electron chi connectivity index (χ0n) is 11.8. The number of anilines is 1. The number of aryl methyl sites for hydroxylation is 1. The van der Waals surface area contributed by atoms with E-state index in [0.29, 0.717) is 17.0 Å². The number of amides is 1. The first kappa shape index (κ1) is 15.0. The Morgan fingerprint density at radius 1 is 1.45 bits per heavy atom. The highest BCUT2D eigenvalue weighted by Gasteiger charge is 2.27. The highest BCUT2D eigenvalue weighted by molar-refractivity contribution is 7.12. The second-order valence-electron chi connectivity index (χ2n) is 5.23. The summed E-state index contributed by atoms with van der Waals surface area (Å²) in [5, 5.41) is 4.72. The van der Waals surface area contributed by atoms with Crippen molar-refractivity contribution in [1.29, 1.82) is 0 Å². The molecule has 1 saturated carbocycles. The summed E-state index contributed by atoms with van der Waals surface area (Å²) >= 11 is 1.28. The minimum atomic E-state index is -0.418. The molecule has 5 nitrogen and oxygen atoms in total. The van der Waals surface area contributed by atoms with Gasteiger partial charge >= 0.3 is 5.97 Å². The Bertz CT molecular complexity index is 513. The number of hydrogen-bond acceptors (Lipinski definition) is 5. The molecule has 0 spiro atoms. The summed E-state index contributed by atoms with van der Waals surface area (Å²) in [7, 11) is 1.34. The van der Waals surface area contributed by atoms with Crippen molar-refractivity contribution in [3.63, 3.8) is 0 Å². The Labute approximate surface area is 122 Å². The number of thiophene rings is 1. The summed E-state index contributed by atoms with van der Waals surface area (Å²) in [6, 6.07) is 0.100. The van der Waals surface area contributed by atoms with E-state index < -0.39 is 5.97 Å². The molecular formula is C14H20N2O3S. The molecule has 0 aromatic carbocycles. The summed E-state index contributed by atoms with van der Waals surface area (Å²) in [6.07, 6.45) is 3.53. The molecule has 0 aliphatic heterocycles. The number of esters is 1. The SMILES string of the molecule is COC(=O)c1scc(C)c1NC(=O)C1CCCC(N)C1. The molecule has 2 unspecified atom stereocenters. The van der Waals surface area contributed by atoms with E-state index in [1.807, 2.05) is 12.3 Å². The summed E-state index contributed by atoms with van der Waals surface area (Å²) < 4.78 is 4.73. The van der Waals surface area contributed by atoms with Crippen molar-refractivity contribution in [2.75, 3.05) is 12.4 Å². The van der Waals surface area contributed by atoms with Crippen molar-refractivity contribution >= 4 is 28.9 Å². The molecule has 1 heterocycles. The number of carbonyl (C=O) groups excluding carboxylic acids is 2. The largest absolute Gasteiger partial charge is 0.465 e. The zero-order chi connectivity index (χ0) is 14.7. The summed E-state index contributed by atoms with van der Waals surface area (Å²) in [6.45, 7) is 1.87. The number of rotatable bonds is 3. The van der Waals surface area contributed by atoms with Gasteiger partial charge in [-0.3, -0.25) is 4.79 Å². The molecule has 1 amide bonds. The third-order valence-corrected chi connectivity index (χ3v) is 4.76. The van der Waals surface area contributed by atoms with Gasteiger partial charge < -0.3 is 15.8 Å². The van der Waals surface area contributed by atoms with Crippen LogP contribution in [0.4, 0.5) is 5.69 Å². The number of nitrogens with one attached hydrogen (secondary N) is 1. The van der Waals surface area contributed by atoms with Crippen molar-refractivity contribution in [2.24, 2.45) is 11.7 Å². The molecule has 1 aromatic heterocycles. The molecule has 1 aromatic rings. The van der Waals surface area contributed by atoms with Gasteiger partial charge in [0.1, 0.15) is 4.88 Å². The second kappa shape index (κ2) is 6.37. The van der Waals surface area contributed by atoms with Gasteiger partial charge in [0.15, 0.2) is 0 Å². The van der Waals surface area contributed by atoms with E-state index in [9.17, 15) is 9.59 Å². The fraction of sp³-hybridized carbons (Fsp3) is 0.571. The molecule has 110 valence electrons. The van der Waals surface area contributed by atoms with Crippen LogP contribution in [-0.4, -0.2) is 25.0 Å². The fourth-order valence-electron chi connectivity index (χ4n) is 2.53. The van der Waals surface area contributed by atoms with E-state index in [-0.39, 0.29) is 17.9 Å². The predicted octanol–water partition coefficient (Wildman–Crippen LogP) is 2.30. The van der Waals surface area contributed by atoms with Crippen LogP contribution in [0.5, 0.6) is 0 Å². The van der Waals surface area contributed by atoms with Crippen molar-refractivity contribution < 1.29 is 14.3 Å². The number of hydrogen-bond donors (Lipinski definition) is 2. The molecule has 2 rings (SSSR count). The molecule has 20 heavy (non-hydrogen) atoms. The summed E-state index contributed by atoms with van der Waals surface area (Å²) in [5.41, 5.74) is 7.37. The Morgan fingerprint density at radius 3 is 2.85 bits per heavy atom. The van der Waals surface area contributed by atoms with Gasteiger partial charge in [0.25, 0.3) is 0 Å². The lowest BCUT2D eigenvalue weighted by molar-refractivity contribution is -0.120. The van der Waals surface area contributed by atoms with Crippen molar-refractivity contribution in [3.8, 4) is 0 Å². The van der Waals surface area contributed by atoms with Gasteiger partial charge in [0.2, 0.25) is 5.91 Å². The summed E-state index contributed by atoms with van der Waals surface area (Å²) in [4.78, 5) is 24.4. The van der Waals surface area contributed by atoms with Crippen molar-refractivity contribution in [2.45, 2.75) is 38.6 Å². The topological polar surface area (TPSA) is 81.4 Å². The third-order valence-electron chi connectivity index (χ3n) is 3.68. The monoisotopic (exact) mass is 296 g/mol. The first-order valence-corrected chi connectivity index (χ1v) is 7.63. The number of carbonyl (C=O) groups is 2. The zero-order valence-corrected chi connectivity index (χ0v) is 12.6. The van der Waals surface area contributed by atoms with Crippen LogP contribution in [0.3, 0.4) is 0 Å². The van der Waals surface area contributed by atoms with Crippen LogP contribution in [0.25, 0.3) is 0 Å². The average Bonchev–Trinajstić information content (AvgIpc) is 2.79. The Morgan fingerprint density at radius 2 is 2.20 bits per heavy atom. The minimum Gasteiger partial charge on any atom is -0.465 e. The Hall–Kier alpha value is -1.40. The molecule has 0 radical (unpaired) electrons. The Balaban J connectivity index is 2.11. The van der Waals surface area contributed by atoms with Gasteiger partial charge in [-0.15, -0.1) is 11.3 Å². The maximum absolute atomic E-state index is 12.3. The van der Waals surface area contributed by atoms with Crippen molar-refractivity contribution in [3.05, 3.63) is 15.8 Å². The molecular weight excluding hydrogens is 276 g/mol. The van der Waals surface area contributed by atoms with Crippen LogP contribution in [0, 0.1) is 12.8 Å². The fourth-order valence-corrected chi connectivity index (χ4v) is 3.46. The molecule has 0 bridgehead atoms. The van der Waals surface area contributed by atoms with Crippen LogP contribution in [-0.2, 0) is 9.53 Å². The van der Waals surface area contributed by atoms with Gasteiger partial charge in [-0.05, 0) is 37.1 Å². The second-order valence-corrected chi connectivity index (χ2v) is 6.11. The first-order valence-electron chi connectivity index (χ1n) is 6.75. The lowest BCUT2D eigenvalue weighted by Crippen LogP contribution is -2.34. The maximum Gasteiger partial charge on any atom is 0.350 e. The van der Waals surface area contributed by atoms with Crippen LogP contribution in [0.1, 0.15) is 40.9 Å². The molecule has 1 fully saturated rings. The summed E-state index contributed by atoms with van der Waals surface area (Å²) in [5.74, 6) is -0.533. The van der Waals surface area contributed by atoms with E-state index in [4.69, 9.17) is 10.5 Å². The van der Waals surface area contributed by atoms with Crippen LogP contribution in [0.2, 0.25) is 0 Å². The third kappa shape index (κ3) is 3.19. The van der Waals surface area contributed by atoms with Gasteiger partial charge in [-0.2, -0.15) is 0 Å². The highest BCUT2D eigenvalue weighted by Crippen LogP contribution is 2.30. The van der Waals surface area contributed by atoms with E-state index in [2.05, 4.69) is 5.32 Å². The number of ether oxygens (including phenoxy) is 1. The molecule has 3 N–H and O–H groups in total. The normalized spacial score (nSPS) is 22.4. The standard InChI is InChI=1S/C14H20N2O3S/c1-8-7-20-12(14(18)19-2)11(8)16-13(17)9-4-3-5-10(15)6-9/h7,9-10H,3-6,15H2,1-2H3,(H,16,17). The van der Waals surface area contributed by atoms with E-state index in [1.54, 1.807) is 0 Å². The molecule has 2 atom stereocenters. The minimum absolute atomic E-state index is 0.0493. The highest BCUT2D eigenvalue weighted by atomic mass is 32.1. The van der Waals surface area contributed by atoms with E-state index >= 15 is 0 Å². The smallest absolute Gasteiger partial charge is 0.350 e. The van der Waals surface area contributed by atoms with Crippen LogP contribution >= 0.6 is 11.3 Å². The first-order chi connectivity index (χ1) is 9.52. The molecule has 6 heteroatoms. The number of nitrogens with two attached hydrogens (primary N) is 1. The van der Waals surface area contributed by atoms with E-state index in [0.717, 1.165) is 24.8 Å². The van der Waals surface area contributed by atoms with Crippen LogP contribution < -0.4 is 11.1 Å². The van der Waals surface area contributed by atoms with Crippen LogP contribution in [0.15, 0.2) is 5.38 Å². The van der Waals surface area contributed by atoms with Gasteiger partial charge in [0.05, 0.1) is 12.8 Å². The molecule has 1 aliphatic rings. The average molecular weight is 296 g/mol. The lowest BCUT2D eigenvalue weighted by Gasteiger charge is -2.25. The van der Waals surface area contributed by atoms with E-state index in [1.165, 1.54) is 18.4 Å². The number of methoxy groups -OCH3 is 1.